The maximum Gasteiger partial charge on any atom is 0.0420 e. The van der Waals surface area contributed by atoms with E-state index in [1.54, 1.807) is 0 Å². The molecule has 0 aromatic carbocycles. The van der Waals surface area contributed by atoms with Crippen molar-refractivity contribution in [2.75, 3.05) is 39.3 Å². The highest BCUT2D eigenvalue weighted by Gasteiger charge is 2.36. The number of hydrogen-bond acceptors (Lipinski definition) is 4. The Morgan fingerprint density at radius 1 is 1.35 bits per heavy atom. The lowest BCUT2D eigenvalue weighted by atomic mass is 9.96. The fraction of sp³-hybridized carbons (Fsp3) is 0.667. The van der Waals surface area contributed by atoms with E-state index in [2.05, 4.69) is 55.1 Å². The van der Waals surface area contributed by atoms with E-state index in [0.29, 0.717) is 12.1 Å². The van der Waals surface area contributed by atoms with Gasteiger partial charge in [-0.25, -0.2) is 0 Å². The topological polar surface area (TPSA) is 31.4 Å². The van der Waals surface area contributed by atoms with Gasteiger partial charge in [0.1, 0.15) is 0 Å². The SMILES string of the molecule is CCNC(Cc1ccc(Br)cn1)C1CN2CCN1CC2. The first-order valence-corrected chi connectivity index (χ1v) is 8.36. The molecule has 2 atom stereocenters. The summed E-state index contributed by atoms with van der Waals surface area (Å²) in [6.07, 6.45) is 2.91. The molecule has 0 aliphatic carbocycles. The van der Waals surface area contributed by atoms with Crippen molar-refractivity contribution < 1.29 is 0 Å². The van der Waals surface area contributed by atoms with Crippen LogP contribution < -0.4 is 5.32 Å². The number of piperazine rings is 3. The highest BCUT2D eigenvalue weighted by molar-refractivity contribution is 9.10. The van der Waals surface area contributed by atoms with Gasteiger partial charge in [0.25, 0.3) is 0 Å². The van der Waals surface area contributed by atoms with Gasteiger partial charge in [0.2, 0.25) is 0 Å². The molecule has 4 heterocycles. The lowest BCUT2D eigenvalue weighted by Crippen LogP contribution is -2.66. The molecule has 0 saturated carbocycles. The molecule has 4 nitrogen and oxygen atoms in total. The Kier molecular flexibility index (Phi) is 4.71. The van der Waals surface area contributed by atoms with Gasteiger partial charge < -0.3 is 5.32 Å². The minimum absolute atomic E-state index is 0.497. The van der Waals surface area contributed by atoms with E-state index < -0.39 is 0 Å². The molecule has 1 aromatic heterocycles. The first-order valence-electron chi connectivity index (χ1n) is 7.56. The first kappa shape index (κ1) is 14.4. The number of hydrogen-bond donors (Lipinski definition) is 1. The summed E-state index contributed by atoms with van der Waals surface area (Å²) in [7, 11) is 0. The van der Waals surface area contributed by atoms with Crippen molar-refractivity contribution in [1.29, 1.82) is 0 Å². The van der Waals surface area contributed by atoms with Crippen molar-refractivity contribution in [3.05, 3.63) is 28.5 Å². The maximum absolute atomic E-state index is 4.54. The van der Waals surface area contributed by atoms with Crippen LogP contribution in [0, 0.1) is 0 Å². The van der Waals surface area contributed by atoms with Crippen LogP contribution in [0.2, 0.25) is 0 Å². The molecular formula is C15H23BrN4. The quantitative estimate of drug-likeness (QED) is 0.878. The Morgan fingerprint density at radius 2 is 2.15 bits per heavy atom. The summed E-state index contributed by atoms with van der Waals surface area (Å²) in [5, 5.41) is 3.68. The molecule has 2 bridgehead atoms. The van der Waals surface area contributed by atoms with Gasteiger partial charge in [-0.2, -0.15) is 0 Å². The van der Waals surface area contributed by atoms with Gasteiger partial charge in [0, 0.05) is 67.6 Å². The second kappa shape index (κ2) is 6.52. The van der Waals surface area contributed by atoms with E-state index in [1.165, 1.54) is 38.4 Å². The summed E-state index contributed by atoms with van der Waals surface area (Å²) >= 11 is 3.45. The van der Waals surface area contributed by atoms with Crippen LogP contribution in [0.25, 0.3) is 0 Å². The number of rotatable bonds is 5. The second-order valence-corrected chi connectivity index (χ2v) is 6.66. The molecule has 110 valence electrons. The van der Waals surface area contributed by atoms with Crippen LogP contribution >= 0.6 is 15.9 Å². The van der Waals surface area contributed by atoms with Crippen LogP contribution in [0.5, 0.6) is 0 Å². The summed E-state index contributed by atoms with van der Waals surface area (Å²) in [4.78, 5) is 9.80. The molecule has 1 aromatic rings. The third-order valence-electron chi connectivity index (χ3n) is 4.47. The van der Waals surface area contributed by atoms with Crippen molar-refractivity contribution in [1.82, 2.24) is 20.1 Å². The van der Waals surface area contributed by atoms with Crippen LogP contribution in [0.1, 0.15) is 12.6 Å². The lowest BCUT2D eigenvalue weighted by molar-refractivity contribution is -0.00302. The Morgan fingerprint density at radius 3 is 2.70 bits per heavy atom. The molecule has 3 saturated heterocycles. The fourth-order valence-corrected chi connectivity index (χ4v) is 3.63. The molecule has 0 spiro atoms. The van der Waals surface area contributed by atoms with E-state index in [-0.39, 0.29) is 0 Å². The van der Waals surface area contributed by atoms with Crippen LogP contribution in [0.4, 0.5) is 0 Å². The number of likely N-dealkylation sites (N-methyl/N-ethyl adjacent to an activating group) is 1. The summed E-state index contributed by atoms with van der Waals surface area (Å²) in [6.45, 7) is 9.34. The molecule has 0 amide bonds. The number of aromatic nitrogens is 1. The van der Waals surface area contributed by atoms with Crippen molar-refractivity contribution in [2.45, 2.75) is 25.4 Å². The van der Waals surface area contributed by atoms with E-state index in [0.717, 1.165) is 17.4 Å². The van der Waals surface area contributed by atoms with Gasteiger partial charge in [-0.15, -0.1) is 0 Å². The molecule has 4 rings (SSSR count). The van der Waals surface area contributed by atoms with Gasteiger partial charge >= 0.3 is 0 Å². The summed E-state index contributed by atoms with van der Waals surface area (Å²) in [5.41, 5.74) is 1.18. The molecule has 20 heavy (non-hydrogen) atoms. The predicted octanol–water partition coefficient (Wildman–Crippen LogP) is 1.36. The summed E-state index contributed by atoms with van der Waals surface area (Å²) in [6, 6.07) is 5.34. The Balaban J connectivity index is 1.70. The average molecular weight is 339 g/mol. The van der Waals surface area contributed by atoms with Gasteiger partial charge in [0.05, 0.1) is 0 Å². The smallest absolute Gasteiger partial charge is 0.0420 e. The largest absolute Gasteiger partial charge is 0.312 e. The molecule has 3 fully saturated rings. The highest BCUT2D eigenvalue weighted by atomic mass is 79.9. The fourth-order valence-electron chi connectivity index (χ4n) is 3.40. The molecule has 3 aliphatic heterocycles. The van der Waals surface area contributed by atoms with Crippen LogP contribution in [0.15, 0.2) is 22.8 Å². The number of nitrogens with zero attached hydrogens (tertiary/aromatic N) is 3. The zero-order chi connectivity index (χ0) is 13.9. The molecule has 0 radical (unpaired) electrons. The Hall–Kier alpha value is -0.490. The van der Waals surface area contributed by atoms with Crippen LogP contribution in [-0.2, 0) is 6.42 Å². The lowest BCUT2D eigenvalue weighted by Gasteiger charge is -2.50. The van der Waals surface area contributed by atoms with E-state index >= 15 is 0 Å². The van der Waals surface area contributed by atoms with Gasteiger partial charge in [-0.05, 0) is 34.6 Å². The van der Waals surface area contributed by atoms with E-state index in [1.807, 2.05) is 6.20 Å². The Bertz CT molecular complexity index is 428. The third kappa shape index (κ3) is 3.22. The van der Waals surface area contributed by atoms with Crippen molar-refractivity contribution >= 4 is 15.9 Å². The maximum atomic E-state index is 4.54. The normalized spacial score (nSPS) is 30.4. The molecule has 5 heteroatoms. The van der Waals surface area contributed by atoms with Crippen molar-refractivity contribution in [3.63, 3.8) is 0 Å². The van der Waals surface area contributed by atoms with Crippen LogP contribution in [0.3, 0.4) is 0 Å². The zero-order valence-electron chi connectivity index (χ0n) is 12.1. The van der Waals surface area contributed by atoms with E-state index in [4.69, 9.17) is 0 Å². The summed E-state index contributed by atoms with van der Waals surface area (Å²) in [5.74, 6) is 0. The Labute approximate surface area is 129 Å². The zero-order valence-corrected chi connectivity index (χ0v) is 13.6. The van der Waals surface area contributed by atoms with E-state index in [9.17, 15) is 0 Å². The number of nitrogens with one attached hydrogen (secondary N) is 1. The molecule has 1 N–H and O–H groups in total. The predicted molar refractivity (Wildman–Crippen MR) is 84.9 cm³/mol. The van der Waals surface area contributed by atoms with Crippen molar-refractivity contribution in [3.8, 4) is 0 Å². The molecule has 3 aliphatic rings. The second-order valence-electron chi connectivity index (χ2n) is 5.74. The average Bonchev–Trinajstić information content (AvgIpc) is 2.50. The third-order valence-corrected chi connectivity index (χ3v) is 4.94. The first-order chi connectivity index (χ1) is 9.76. The van der Waals surface area contributed by atoms with Gasteiger partial charge in [-0.1, -0.05) is 6.92 Å². The minimum atomic E-state index is 0.497. The van der Waals surface area contributed by atoms with Crippen LogP contribution in [-0.4, -0.2) is 66.1 Å². The molecule has 2 unspecified atom stereocenters. The van der Waals surface area contributed by atoms with Gasteiger partial charge in [0.15, 0.2) is 0 Å². The standard InChI is InChI=1S/C15H23BrN4/c1-2-17-14(9-13-4-3-12(16)10-18-13)15-11-19-5-7-20(15)8-6-19/h3-4,10,14-15,17H,2,5-9,11H2,1H3. The number of pyridine rings is 1. The van der Waals surface area contributed by atoms with Gasteiger partial charge in [-0.3, -0.25) is 14.8 Å². The number of fused-ring (bicyclic) bond motifs is 3. The monoisotopic (exact) mass is 338 g/mol. The molecular weight excluding hydrogens is 316 g/mol. The minimum Gasteiger partial charge on any atom is -0.312 e. The summed E-state index contributed by atoms with van der Waals surface area (Å²) < 4.78 is 1.05. The van der Waals surface area contributed by atoms with Crippen molar-refractivity contribution in [2.24, 2.45) is 0 Å². The number of halogens is 1. The highest BCUT2D eigenvalue weighted by Crippen LogP contribution is 2.20.